The molecule has 0 aliphatic rings. The Balaban J connectivity index is 1.82. The Morgan fingerprint density at radius 3 is 2.91 bits per heavy atom. The van der Waals surface area contributed by atoms with Crippen LogP contribution in [0.3, 0.4) is 0 Å². The van der Waals surface area contributed by atoms with Crippen LogP contribution >= 0.6 is 11.3 Å². The van der Waals surface area contributed by atoms with Gasteiger partial charge in [0.15, 0.2) is 0 Å². The van der Waals surface area contributed by atoms with E-state index in [1.54, 1.807) is 22.3 Å². The van der Waals surface area contributed by atoms with E-state index in [0.717, 1.165) is 33.5 Å². The molecule has 2 N–H and O–H groups in total. The second-order valence-corrected chi connectivity index (χ2v) is 6.03. The maximum Gasteiger partial charge on any atom is 0.125 e. The van der Waals surface area contributed by atoms with Crippen LogP contribution < -0.4 is 5.32 Å². The Morgan fingerprint density at radius 1 is 1.41 bits per heavy atom. The summed E-state index contributed by atoms with van der Waals surface area (Å²) in [5, 5.41) is 20.2. The minimum absolute atomic E-state index is 0.0377. The van der Waals surface area contributed by atoms with E-state index in [9.17, 15) is 5.11 Å². The van der Waals surface area contributed by atoms with Crippen molar-refractivity contribution in [2.45, 2.75) is 26.9 Å². The first kappa shape index (κ1) is 14.8. The van der Waals surface area contributed by atoms with Crippen molar-refractivity contribution in [3.05, 3.63) is 40.2 Å². The molecule has 3 heterocycles. The molecule has 0 aromatic carbocycles. The number of aromatic nitrogens is 3. The molecule has 3 aromatic rings. The molecule has 0 aliphatic heterocycles. The second kappa shape index (κ2) is 6.33. The molecule has 0 atom stereocenters. The highest BCUT2D eigenvalue weighted by Gasteiger charge is 2.13. The van der Waals surface area contributed by atoms with Gasteiger partial charge >= 0.3 is 0 Å². The number of nitrogens with zero attached hydrogens (tertiary/aromatic N) is 3. The summed E-state index contributed by atoms with van der Waals surface area (Å²) in [7, 11) is 0. The van der Waals surface area contributed by atoms with Gasteiger partial charge in [0.05, 0.1) is 42.4 Å². The van der Waals surface area contributed by atoms with Gasteiger partial charge in [0, 0.05) is 17.0 Å². The quantitative estimate of drug-likeness (QED) is 0.731. The minimum Gasteiger partial charge on any atom is -0.469 e. The van der Waals surface area contributed by atoms with Crippen molar-refractivity contribution in [2.24, 2.45) is 0 Å². The highest BCUT2D eigenvalue weighted by Crippen LogP contribution is 2.26. The third kappa shape index (κ3) is 3.05. The lowest BCUT2D eigenvalue weighted by atomic mass is 10.2. The van der Waals surface area contributed by atoms with E-state index in [1.165, 1.54) is 0 Å². The van der Waals surface area contributed by atoms with Crippen LogP contribution in [0.4, 0.5) is 5.82 Å². The molecule has 0 fully saturated rings. The van der Waals surface area contributed by atoms with E-state index < -0.39 is 0 Å². The maximum atomic E-state index is 9.21. The molecule has 0 saturated carbocycles. The predicted octanol–water partition coefficient (Wildman–Crippen LogP) is 2.82. The molecular formula is C15H18N4O2S. The van der Waals surface area contributed by atoms with Gasteiger partial charge in [-0.1, -0.05) is 0 Å². The molecule has 3 aromatic heterocycles. The summed E-state index contributed by atoms with van der Waals surface area (Å²) in [5.41, 5.74) is 2.79. The van der Waals surface area contributed by atoms with Gasteiger partial charge in [0.1, 0.15) is 11.6 Å². The van der Waals surface area contributed by atoms with E-state index in [-0.39, 0.29) is 6.61 Å². The van der Waals surface area contributed by atoms with E-state index in [0.29, 0.717) is 13.1 Å². The van der Waals surface area contributed by atoms with E-state index in [1.807, 2.05) is 31.4 Å². The van der Waals surface area contributed by atoms with Crippen LogP contribution in [-0.4, -0.2) is 26.5 Å². The van der Waals surface area contributed by atoms with Crippen LogP contribution in [0, 0.1) is 13.8 Å². The number of anilines is 1. The summed E-state index contributed by atoms with van der Waals surface area (Å²) in [6.07, 6.45) is 1.65. The summed E-state index contributed by atoms with van der Waals surface area (Å²) in [5.74, 6) is 1.69. The number of nitrogens with one attached hydrogen (secondary N) is 1. The van der Waals surface area contributed by atoms with Crippen molar-refractivity contribution in [1.29, 1.82) is 0 Å². The number of aryl methyl sites for hydroxylation is 2. The summed E-state index contributed by atoms with van der Waals surface area (Å²) >= 11 is 1.63. The zero-order valence-electron chi connectivity index (χ0n) is 12.5. The van der Waals surface area contributed by atoms with Gasteiger partial charge < -0.3 is 14.8 Å². The van der Waals surface area contributed by atoms with Gasteiger partial charge in [-0.05, 0) is 19.9 Å². The van der Waals surface area contributed by atoms with Crippen molar-refractivity contribution >= 4 is 17.2 Å². The van der Waals surface area contributed by atoms with Gasteiger partial charge in [0.2, 0.25) is 0 Å². The number of furan rings is 1. The van der Waals surface area contributed by atoms with Gasteiger partial charge in [-0.15, -0.1) is 11.3 Å². The summed E-state index contributed by atoms with van der Waals surface area (Å²) in [6.45, 7) is 5.01. The Morgan fingerprint density at radius 2 is 2.27 bits per heavy atom. The summed E-state index contributed by atoms with van der Waals surface area (Å²) in [4.78, 5) is 4.43. The molecule has 7 heteroatoms. The zero-order chi connectivity index (χ0) is 15.5. The molecule has 0 spiro atoms. The Labute approximate surface area is 132 Å². The van der Waals surface area contributed by atoms with Crippen LogP contribution in [0.1, 0.15) is 16.5 Å². The van der Waals surface area contributed by atoms with Crippen molar-refractivity contribution in [1.82, 2.24) is 14.8 Å². The van der Waals surface area contributed by atoms with Gasteiger partial charge in [-0.3, -0.25) is 0 Å². The number of aliphatic hydroxyl groups excluding tert-OH is 1. The number of thiazole rings is 1. The Kier molecular flexibility index (Phi) is 4.26. The molecule has 0 radical (unpaired) electrons. The first-order valence-electron chi connectivity index (χ1n) is 7.05. The van der Waals surface area contributed by atoms with Crippen molar-refractivity contribution in [2.75, 3.05) is 11.9 Å². The smallest absolute Gasteiger partial charge is 0.125 e. The predicted molar refractivity (Wildman–Crippen MR) is 85.9 cm³/mol. The van der Waals surface area contributed by atoms with E-state index in [4.69, 9.17) is 4.42 Å². The fourth-order valence-corrected chi connectivity index (χ4v) is 2.89. The number of aliphatic hydroxyl groups is 1. The average molecular weight is 318 g/mol. The minimum atomic E-state index is 0.0377. The summed E-state index contributed by atoms with van der Waals surface area (Å²) < 4.78 is 7.10. The maximum absolute atomic E-state index is 9.21. The van der Waals surface area contributed by atoms with Crippen LogP contribution in [0.2, 0.25) is 0 Å². The molecule has 0 unspecified atom stereocenters. The normalized spacial score (nSPS) is 11.0. The standard InChI is InChI=1S/C15H18N4O2S/c1-10-13(3-6-21-10)14-7-15(19(18-14)4-5-20)16-8-12-9-22-11(2)17-12/h3,6-7,9,16,20H,4-5,8H2,1-2H3. The second-order valence-electron chi connectivity index (χ2n) is 4.96. The fourth-order valence-electron chi connectivity index (χ4n) is 2.28. The Hall–Kier alpha value is -2.12. The lowest BCUT2D eigenvalue weighted by Gasteiger charge is -2.06. The first-order valence-corrected chi connectivity index (χ1v) is 7.93. The van der Waals surface area contributed by atoms with Gasteiger partial charge in [-0.2, -0.15) is 5.10 Å². The van der Waals surface area contributed by atoms with Crippen LogP contribution in [0.5, 0.6) is 0 Å². The van der Waals surface area contributed by atoms with E-state index >= 15 is 0 Å². The van der Waals surface area contributed by atoms with E-state index in [2.05, 4.69) is 15.4 Å². The van der Waals surface area contributed by atoms with Crippen LogP contribution in [0.25, 0.3) is 11.3 Å². The highest BCUT2D eigenvalue weighted by atomic mass is 32.1. The SMILES string of the molecule is Cc1nc(CNc2cc(-c3ccoc3C)nn2CCO)cs1. The Bertz CT molecular complexity index is 759. The molecule has 3 rings (SSSR count). The first-order chi connectivity index (χ1) is 10.7. The van der Waals surface area contributed by atoms with Crippen LogP contribution in [0.15, 0.2) is 28.2 Å². The molecule has 22 heavy (non-hydrogen) atoms. The van der Waals surface area contributed by atoms with Crippen molar-refractivity contribution < 1.29 is 9.52 Å². The molecule has 0 saturated heterocycles. The van der Waals surface area contributed by atoms with Gasteiger partial charge in [-0.25, -0.2) is 9.67 Å². The number of rotatable bonds is 6. The summed E-state index contributed by atoms with van der Waals surface area (Å²) in [6, 6.07) is 3.86. The molecular weight excluding hydrogens is 300 g/mol. The molecule has 0 bridgehead atoms. The largest absolute Gasteiger partial charge is 0.469 e. The van der Waals surface area contributed by atoms with Crippen molar-refractivity contribution in [3.63, 3.8) is 0 Å². The lowest BCUT2D eigenvalue weighted by molar-refractivity contribution is 0.270. The molecule has 0 aliphatic carbocycles. The topological polar surface area (TPSA) is 76.1 Å². The number of hydrogen-bond acceptors (Lipinski definition) is 6. The average Bonchev–Trinajstić information content (AvgIpc) is 3.18. The third-order valence-electron chi connectivity index (χ3n) is 3.34. The highest BCUT2D eigenvalue weighted by molar-refractivity contribution is 7.09. The molecule has 116 valence electrons. The monoisotopic (exact) mass is 318 g/mol. The zero-order valence-corrected chi connectivity index (χ0v) is 13.4. The van der Waals surface area contributed by atoms with Crippen molar-refractivity contribution in [3.8, 4) is 11.3 Å². The molecule has 0 amide bonds. The lowest BCUT2D eigenvalue weighted by Crippen LogP contribution is -2.10. The number of hydrogen-bond donors (Lipinski definition) is 2. The third-order valence-corrected chi connectivity index (χ3v) is 4.17. The fraction of sp³-hybridized carbons (Fsp3) is 0.333. The molecule has 6 nitrogen and oxygen atoms in total. The van der Waals surface area contributed by atoms with Crippen LogP contribution in [-0.2, 0) is 13.1 Å². The van der Waals surface area contributed by atoms with Gasteiger partial charge in [0.25, 0.3) is 0 Å².